The van der Waals surface area contributed by atoms with Crippen LogP contribution in [-0.4, -0.2) is 26.3 Å². The van der Waals surface area contributed by atoms with Crippen LogP contribution in [0.1, 0.15) is 17.0 Å². The third-order valence-electron chi connectivity index (χ3n) is 4.52. The molecule has 2 aromatic carbocycles. The van der Waals surface area contributed by atoms with E-state index in [1.54, 1.807) is 42.1 Å². The highest BCUT2D eigenvalue weighted by atomic mass is 16.6. The molecule has 1 aliphatic rings. The maximum atomic E-state index is 13.2. The number of hydrogen-bond acceptors (Lipinski definition) is 5. The lowest BCUT2D eigenvalue weighted by Gasteiger charge is -2.10. The molecule has 0 unspecified atom stereocenters. The molecule has 29 heavy (non-hydrogen) atoms. The summed E-state index contributed by atoms with van der Waals surface area (Å²) >= 11 is 0. The van der Waals surface area contributed by atoms with Gasteiger partial charge in [-0.15, -0.1) is 0 Å². The molecule has 8 nitrogen and oxygen atoms in total. The molecule has 0 fully saturated rings. The number of anilines is 1. The quantitative estimate of drug-likeness (QED) is 0.389. The van der Waals surface area contributed by atoms with Gasteiger partial charge in [-0.1, -0.05) is 30.3 Å². The van der Waals surface area contributed by atoms with Crippen LogP contribution in [0.4, 0.5) is 11.4 Å². The van der Waals surface area contributed by atoms with Gasteiger partial charge in [0.2, 0.25) is 0 Å². The third-order valence-corrected chi connectivity index (χ3v) is 4.52. The monoisotopic (exact) mass is 387 g/mol. The lowest BCUT2D eigenvalue weighted by Crippen LogP contribution is -2.21. The van der Waals surface area contributed by atoms with Gasteiger partial charge in [0.05, 0.1) is 27.6 Å². The Hall–Kier alpha value is -4.07. The Balaban J connectivity index is 1.85. The lowest BCUT2D eigenvalue weighted by molar-refractivity contribution is -0.384. The average molecular weight is 387 g/mol. The first-order valence-corrected chi connectivity index (χ1v) is 8.89. The molecule has 0 N–H and O–H groups in total. The Morgan fingerprint density at radius 3 is 2.48 bits per heavy atom. The SMILES string of the molecule is Cc1cc(C2=NN(c3ccccc3)C(=O)/C2=C/c2cccc([N+](=O)[O-])c2)n(C)n1. The molecule has 1 aromatic heterocycles. The van der Waals surface area contributed by atoms with E-state index >= 15 is 0 Å². The number of carbonyl (C=O) groups excluding carboxylic acids is 1. The number of nitro groups is 1. The van der Waals surface area contributed by atoms with Gasteiger partial charge >= 0.3 is 0 Å². The van der Waals surface area contributed by atoms with Crippen LogP contribution in [-0.2, 0) is 11.8 Å². The normalized spacial score (nSPS) is 15.1. The zero-order valence-corrected chi connectivity index (χ0v) is 15.8. The molecular formula is C21H17N5O3. The van der Waals surface area contributed by atoms with Crippen LogP contribution in [0.5, 0.6) is 0 Å². The molecule has 3 aromatic rings. The number of nitro benzene ring substituents is 1. The number of aryl methyl sites for hydroxylation is 2. The Morgan fingerprint density at radius 2 is 1.83 bits per heavy atom. The predicted molar refractivity (Wildman–Crippen MR) is 109 cm³/mol. The number of non-ortho nitro benzene ring substituents is 1. The van der Waals surface area contributed by atoms with Crippen molar-refractivity contribution in [3.8, 4) is 0 Å². The van der Waals surface area contributed by atoms with Crippen molar-refractivity contribution in [2.75, 3.05) is 5.01 Å². The summed E-state index contributed by atoms with van der Waals surface area (Å²) in [6.07, 6.45) is 1.62. The molecule has 8 heteroatoms. The van der Waals surface area contributed by atoms with Gasteiger partial charge in [-0.2, -0.15) is 15.2 Å². The van der Waals surface area contributed by atoms with E-state index < -0.39 is 4.92 Å². The van der Waals surface area contributed by atoms with Crippen LogP contribution in [0.25, 0.3) is 6.08 Å². The van der Waals surface area contributed by atoms with Gasteiger partial charge in [-0.3, -0.25) is 19.6 Å². The highest BCUT2D eigenvalue weighted by Crippen LogP contribution is 2.28. The summed E-state index contributed by atoms with van der Waals surface area (Å²) in [4.78, 5) is 23.8. The molecule has 0 radical (unpaired) electrons. The Bertz CT molecular complexity index is 1180. The molecule has 144 valence electrons. The fourth-order valence-corrected chi connectivity index (χ4v) is 3.21. The number of carbonyl (C=O) groups is 1. The van der Waals surface area contributed by atoms with Crippen molar-refractivity contribution < 1.29 is 9.72 Å². The van der Waals surface area contributed by atoms with Crippen molar-refractivity contribution in [2.24, 2.45) is 12.1 Å². The van der Waals surface area contributed by atoms with Crippen LogP contribution >= 0.6 is 0 Å². The van der Waals surface area contributed by atoms with Crippen LogP contribution in [0, 0.1) is 17.0 Å². The summed E-state index contributed by atoms with van der Waals surface area (Å²) in [7, 11) is 1.78. The fourth-order valence-electron chi connectivity index (χ4n) is 3.21. The van der Waals surface area contributed by atoms with E-state index in [2.05, 4.69) is 10.2 Å². The number of hydrogen-bond donors (Lipinski definition) is 0. The van der Waals surface area contributed by atoms with E-state index in [-0.39, 0.29) is 11.6 Å². The van der Waals surface area contributed by atoms with E-state index in [1.165, 1.54) is 17.1 Å². The number of amides is 1. The van der Waals surface area contributed by atoms with Crippen LogP contribution in [0.15, 0.2) is 71.3 Å². The molecule has 0 saturated heterocycles. The molecule has 0 saturated carbocycles. The second kappa shape index (κ2) is 7.16. The average Bonchev–Trinajstić information content (AvgIpc) is 3.21. The maximum absolute atomic E-state index is 13.2. The maximum Gasteiger partial charge on any atom is 0.281 e. The van der Waals surface area contributed by atoms with Crippen LogP contribution < -0.4 is 5.01 Å². The van der Waals surface area contributed by atoms with E-state index in [0.29, 0.717) is 28.2 Å². The van der Waals surface area contributed by atoms with Gasteiger partial charge in [-0.05, 0) is 36.8 Å². The van der Waals surface area contributed by atoms with Crippen LogP contribution in [0.3, 0.4) is 0 Å². The van der Waals surface area contributed by atoms with Crippen molar-refractivity contribution in [2.45, 2.75) is 6.92 Å². The molecule has 1 amide bonds. The van der Waals surface area contributed by atoms with E-state index in [9.17, 15) is 14.9 Å². The van der Waals surface area contributed by atoms with E-state index in [1.807, 2.05) is 31.2 Å². The largest absolute Gasteiger partial charge is 0.281 e. The first kappa shape index (κ1) is 18.3. The van der Waals surface area contributed by atoms with E-state index in [4.69, 9.17) is 0 Å². The summed E-state index contributed by atoms with van der Waals surface area (Å²) in [6.45, 7) is 1.86. The van der Waals surface area contributed by atoms with Gasteiger partial charge in [0, 0.05) is 19.2 Å². The minimum Gasteiger partial charge on any atom is -0.267 e. The minimum atomic E-state index is -0.464. The molecule has 2 heterocycles. The van der Waals surface area contributed by atoms with Crippen molar-refractivity contribution >= 4 is 29.1 Å². The van der Waals surface area contributed by atoms with Gasteiger partial charge < -0.3 is 0 Å². The first-order chi connectivity index (χ1) is 13.9. The fraction of sp³-hybridized carbons (Fsp3) is 0.0952. The second-order valence-corrected chi connectivity index (χ2v) is 6.61. The minimum absolute atomic E-state index is 0.0421. The molecule has 0 atom stereocenters. The number of para-hydroxylation sites is 1. The molecule has 0 aliphatic carbocycles. The van der Waals surface area contributed by atoms with Crippen molar-refractivity contribution in [1.82, 2.24) is 9.78 Å². The summed E-state index contributed by atoms with van der Waals surface area (Å²) in [6, 6.07) is 17.1. The predicted octanol–water partition coefficient (Wildman–Crippen LogP) is 3.47. The van der Waals surface area contributed by atoms with Gasteiger partial charge in [-0.25, -0.2) is 0 Å². The number of rotatable bonds is 4. The molecular weight excluding hydrogens is 370 g/mol. The molecule has 1 aliphatic heterocycles. The zero-order valence-electron chi connectivity index (χ0n) is 15.8. The highest BCUT2D eigenvalue weighted by Gasteiger charge is 2.33. The topological polar surface area (TPSA) is 93.6 Å². The van der Waals surface area contributed by atoms with E-state index in [0.717, 1.165) is 5.69 Å². The van der Waals surface area contributed by atoms with Crippen molar-refractivity contribution in [3.63, 3.8) is 0 Å². The summed E-state index contributed by atoms with van der Waals surface area (Å²) in [5.74, 6) is -0.309. The van der Waals surface area contributed by atoms with Gasteiger partial charge in [0.25, 0.3) is 11.6 Å². The molecule has 4 rings (SSSR count). The summed E-state index contributed by atoms with van der Waals surface area (Å²) < 4.78 is 1.66. The number of benzene rings is 2. The Kier molecular flexibility index (Phi) is 4.52. The smallest absolute Gasteiger partial charge is 0.267 e. The number of aromatic nitrogens is 2. The van der Waals surface area contributed by atoms with Crippen molar-refractivity contribution in [3.05, 3.63) is 93.3 Å². The van der Waals surface area contributed by atoms with Crippen LogP contribution in [0.2, 0.25) is 0 Å². The molecule has 0 spiro atoms. The Morgan fingerprint density at radius 1 is 1.07 bits per heavy atom. The first-order valence-electron chi connectivity index (χ1n) is 8.89. The molecule has 0 bridgehead atoms. The van der Waals surface area contributed by atoms with Gasteiger partial charge in [0.1, 0.15) is 5.71 Å². The zero-order chi connectivity index (χ0) is 20.5. The second-order valence-electron chi connectivity index (χ2n) is 6.61. The van der Waals surface area contributed by atoms with Gasteiger partial charge in [0.15, 0.2) is 0 Å². The van der Waals surface area contributed by atoms with Crippen molar-refractivity contribution in [1.29, 1.82) is 0 Å². The standard InChI is InChI=1S/C21H17N5O3/c1-14-11-19(24(2)22-14)20-18(13-15-7-6-10-17(12-15)26(28)29)21(27)25(23-20)16-8-4-3-5-9-16/h3-13H,1-2H3/b18-13+. The summed E-state index contributed by atoms with van der Waals surface area (Å²) in [5.41, 5.74) is 3.43. The lowest BCUT2D eigenvalue weighted by atomic mass is 10.0. The highest BCUT2D eigenvalue weighted by molar-refractivity contribution is 6.37. The summed E-state index contributed by atoms with van der Waals surface area (Å²) in [5, 5.41) is 21.3. The Labute approximate surface area is 166 Å². The third kappa shape index (κ3) is 3.43. The number of hydrazone groups is 1. The number of nitrogens with zero attached hydrogens (tertiary/aromatic N) is 5.